The predicted molar refractivity (Wildman–Crippen MR) is 75.6 cm³/mol. The molecular weight excluding hydrogens is 248 g/mol. The molecule has 0 saturated heterocycles. The number of ketones is 1. The van der Waals surface area contributed by atoms with Crippen LogP contribution in [0.25, 0.3) is 0 Å². The van der Waals surface area contributed by atoms with E-state index in [0.29, 0.717) is 16.3 Å². The van der Waals surface area contributed by atoms with E-state index in [9.17, 15) is 4.79 Å². The van der Waals surface area contributed by atoms with E-state index in [-0.39, 0.29) is 5.78 Å². The molecule has 3 N–H and O–H groups in total. The Balaban J connectivity index is 2.23. The first-order valence-electron chi connectivity index (χ1n) is 5.49. The Bertz CT molecular complexity index is 579. The first kappa shape index (κ1) is 12.5. The van der Waals surface area contributed by atoms with Crippen molar-refractivity contribution in [3.63, 3.8) is 0 Å². The Labute approximate surface area is 111 Å². The molecule has 0 amide bonds. The summed E-state index contributed by atoms with van der Waals surface area (Å²) in [5, 5.41) is 3.78. The van der Waals surface area contributed by atoms with Crippen LogP contribution in [0.5, 0.6) is 0 Å². The van der Waals surface area contributed by atoms with Gasteiger partial charge in [-0.2, -0.15) is 0 Å². The molecule has 3 nitrogen and oxygen atoms in total. The van der Waals surface area contributed by atoms with Gasteiger partial charge in [-0.15, -0.1) is 0 Å². The first-order valence-corrected chi connectivity index (χ1v) is 5.87. The summed E-state index contributed by atoms with van der Waals surface area (Å²) in [6, 6.07) is 12.4. The maximum Gasteiger partial charge on any atom is 0.159 e. The van der Waals surface area contributed by atoms with Crippen molar-refractivity contribution < 1.29 is 4.79 Å². The maximum absolute atomic E-state index is 11.2. The number of hydrogen-bond donors (Lipinski definition) is 2. The Morgan fingerprint density at radius 1 is 1.17 bits per heavy atom. The number of nitrogens with one attached hydrogen (secondary N) is 1. The molecule has 0 aliphatic rings. The lowest BCUT2D eigenvalue weighted by atomic mass is 10.1. The highest BCUT2D eigenvalue weighted by molar-refractivity contribution is 6.31. The predicted octanol–water partition coefficient (Wildman–Crippen LogP) is 3.87. The molecule has 92 valence electrons. The largest absolute Gasteiger partial charge is 0.397 e. The molecule has 2 rings (SSSR count). The third-order valence-electron chi connectivity index (χ3n) is 2.59. The summed E-state index contributed by atoms with van der Waals surface area (Å²) in [6.07, 6.45) is 0. The number of hydrogen-bond acceptors (Lipinski definition) is 3. The molecule has 2 aromatic carbocycles. The van der Waals surface area contributed by atoms with Gasteiger partial charge < -0.3 is 11.1 Å². The second-order valence-electron chi connectivity index (χ2n) is 3.99. The number of anilines is 3. The summed E-state index contributed by atoms with van der Waals surface area (Å²) in [6.45, 7) is 1.54. The maximum atomic E-state index is 11.2. The summed E-state index contributed by atoms with van der Waals surface area (Å²) in [5.74, 6) is 0.0452. The van der Waals surface area contributed by atoms with Crippen LogP contribution in [0, 0.1) is 0 Å². The van der Waals surface area contributed by atoms with Gasteiger partial charge in [-0.25, -0.2) is 0 Å². The zero-order valence-electron chi connectivity index (χ0n) is 9.91. The number of carbonyl (C=O) groups excluding carboxylic acids is 1. The number of Topliss-reactive ketones (excluding diaryl/α,β-unsaturated/α-hetero) is 1. The average Bonchev–Trinajstić information content (AvgIpc) is 2.34. The fraction of sp³-hybridized carbons (Fsp3) is 0.0714. The van der Waals surface area contributed by atoms with Crippen molar-refractivity contribution in [3.8, 4) is 0 Å². The topological polar surface area (TPSA) is 55.1 Å². The van der Waals surface area contributed by atoms with Gasteiger partial charge in [-0.3, -0.25) is 4.79 Å². The van der Waals surface area contributed by atoms with E-state index in [2.05, 4.69) is 5.32 Å². The van der Waals surface area contributed by atoms with Gasteiger partial charge in [0, 0.05) is 16.3 Å². The highest BCUT2D eigenvalue weighted by Gasteiger charge is 2.02. The lowest BCUT2D eigenvalue weighted by Crippen LogP contribution is -1.97. The SMILES string of the molecule is CC(=O)c1ccc(Nc2cc(Cl)ccc2N)cc1. The van der Waals surface area contributed by atoms with Crippen molar-refractivity contribution in [2.75, 3.05) is 11.1 Å². The normalized spacial score (nSPS) is 10.1. The second kappa shape index (κ2) is 5.10. The van der Waals surface area contributed by atoms with Gasteiger partial charge in [0.25, 0.3) is 0 Å². The van der Waals surface area contributed by atoms with Crippen LogP contribution in [0.4, 0.5) is 17.1 Å². The molecule has 0 fully saturated rings. The zero-order chi connectivity index (χ0) is 13.1. The highest BCUT2D eigenvalue weighted by Crippen LogP contribution is 2.26. The van der Waals surface area contributed by atoms with E-state index in [1.807, 2.05) is 12.1 Å². The Morgan fingerprint density at radius 3 is 2.44 bits per heavy atom. The molecule has 0 aromatic heterocycles. The summed E-state index contributed by atoms with van der Waals surface area (Å²) in [5.41, 5.74) is 8.74. The number of benzene rings is 2. The lowest BCUT2D eigenvalue weighted by Gasteiger charge is -2.10. The summed E-state index contributed by atoms with van der Waals surface area (Å²) in [7, 11) is 0. The van der Waals surface area contributed by atoms with Gasteiger partial charge >= 0.3 is 0 Å². The minimum absolute atomic E-state index is 0.0452. The second-order valence-corrected chi connectivity index (χ2v) is 4.43. The third-order valence-corrected chi connectivity index (χ3v) is 2.82. The van der Waals surface area contributed by atoms with Crippen molar-refractivity contribution in [1.29, 1.82) is 0 Å². The highest BCUT2D eigenvalue weighted by atomic mass is 35.5. The summed E-state index contributed by atoms with van der Waals surface area (Å²) in [4.78, 5) is 11.2. The van der Waals surface area contributed by atoms with Crippen LogP contribution in [-0.2, 0) is 0 Å². The van der Waals surface area contributed by atoms with Gasteiger partial charge in [0.1, 0.15) is 0 Å². The minimum atomic E-state index is 0.0452. The molecule has 0 aliphatic heterocycles. The van der Waals surface area contributed by atoms with Crippen molar-refractivity contribution in [1.82, 2.24) is 0 Å². The summed E-state index contributed by atoms with van der Waals surface area (Å²) < 4.78 is 0. The van der Waals surface area contributed by atoms with E-state index in [1.54, 1.807) is 30.3 Å². The van der Waals surface area contributed by atoms with Gasteiger partial charge in [-0.05, 0) is 49.4 Å². The molecule has 2 aromatic rings. The molecule has 0 saturated carbocycles. The van der Waals surface area contributed by atoms with Gasteiger partial charge in [0.15, 0.2) is 5.78 Å². The third kappa shape index (κ3) is 2.81. The molecule has 4 heteroatoms. The number of nitrogens with two attached hydrogens (primary N) is 1. The zero-order valence-corrected chi connectivity index (χ0v) is 10.7. The molecule has 18 heavy (non-hydrogen) atoms. The van der Waals surface area contributed by atoms with Crippen molar-refractivity contribution in [3.05, 3.63) is 53.1 Å². The fourth-order valence-corrected chi connectivity index (χ4v) is 1.75. The van der Waals surface area contributed by atoms with E-state index in [4.69, 9.17) is 17.3 Å². The number of rotatable bonds is 3. The van der Waals surface area contributed by atoms with E-state index in [0.717, 1.165) is 11.4 Å². The van der Waals surface area contributed by atoms with Crippen LogP contribution in [-0.4, -0.2) is 5.78 Å². The van der Waals surface area contributed by atoms with Crippen LogP contribution in [0.2, 0.25) is 5.02 Å². The van der Waals surface area contributed by atoms with Crippen LogP contribution in [0.1, 0.15) is 17.3 Å². The molecule has 0 heterocycles. The van der Waals surface area contributed by atoms with Crippen LogP contribution in [0.3, 0.4) is 0 Å². The van der Waals surface area contributed by atoms with E-state index < -0.39 is 0 Å². The molecular formula is C14H13ClN2O. The van der Waals surface area contributed by atoms with E-state index in [1.165, 1.54) is 6.92 Å². The smallest absolute Gasteiger partial charge is 0.159 e. The Hall–Kier alpha value is -2.00. The Morgan fingerprint density at radius 2 is 1.83 bits per heavy atom. The van der Waals surface area contributed by atoms with Crippen molar-refractivity contribution in [2.45, 2.75) is 6.92 Å². The van der Waals surface area contributed by atoms with Gasteiger partial charge in [0.2, 0.25) is 0 Å². The molecule has 0 unspecified atom stereocenters. The summed E-state index contributed by atoms with van der Waals surface area (Å²) >= 11 is 5.91. The van der Waals surface area contributed by atoms with Gasteiger partial charge in [0.05, 0.1) is 11.4 Å². The first-order chi connectivity index (χ1) is 8.56. The van der Waals surface area contributed by atoms with Crippen molar-refractivity contribution >= 4 is 34.4 Å². The van der Waals surface area contributed by atoms with Crippen LogP contribution < -0.4 is 11.1 Å². The average molecular weight is 261 g/mol. The number of carbonyl (C=O) groups is 1. The fourth-order valence-electron chi connectivity index (χ4n) is 1.58. The lowest BCUT2D eigenvalue weighted by molar-refractivity contribution is 0.101. The monoisotopic (exact) mass is 260 g/mol. The molecule has 0 bridgehead atoms. The molecule has 0 aliphatic carbocycles. The molecule has 0 spiro atoms. The van der Waals surface area contributed by atoms with Crippen molar-refractivity contribution in [2.24, 2.45) is 0 Å². The van der Waals surface area contributed by atoms with E-state index >= 15 is 0 Å². The van der Waals surface area contributed by atoms with Crippen LogP contribution in [0.15, 0.2) is 42.5 Å². The minimum Gasteiger partial charge on any atom is -0.397 e. The number of nitrogen functional groups attached to an aromatic ring is 1. The molecule has 0 radical (unpaired) electrons. The van der Waals surface area contributed by atoms with Gasteiger partial charge in [-0.1, -0.05) is 11.6 Å². The quantitative estimate of drug-likeness (QED) is 0.651. The van der Waals surface area contributed by atoms with Crippen LogP contribution >= 0.6 is 11.6 Å². The number of halogens is 1. The molecule has 0 atom stereocenters. The standard InChI is InChI=1S/C14H13ClN2O/c1-9(18)10-2-5-12(6-3-10)17-14-8-11(15)4-7-13(14)16/h2-8,17H,16H2,1H3. The Kier molecular flexibility index (Phi) is 3.53.